The van der Waals surface area contributed by atoms with Crippen LogP contribution in [0.15, 0.2) is 0 Å². The van der Waals surface area contributed by atoms with Crippen molar-refractivity contribution < 1.29 is 9.90 Å². The SMILES string of the molecule is CC(C)C(C)C(=O)NCC1(O)CCCC1. The Morgan fingerprint density at radius 2 is 1.87 bits per heavy atom. The van der Waals surface area contributed by atoms with Gasteiger partial charge in [0, 0.05) is 12.5 Å². The summed E-state index contributed by atoms with van der Waals surface area (Å²) in [6.45, 7) is 6.42. The highest BCUT2D eigenvalue weighted by atomic mass is 16.3. The zero-order valence-electron chi connectivity index (χ0n) is 10.0. The van der Waals surface area contributed by atoms with E-state index in [2.05, 4.69) is 5.32 Å². The van der Waals surface area contributed by atoms with Gasteiger partial charge < -0.3 is 10.4 Å². The van der Waals surface area contributed by atoms with Crippen LogP contribution < -0.4 is 5.32 Å². The van der Waals surface area contributed by atoms with Gasteiger partial charge in [0.1, 0.15) is 0 Å². The number of hydrogen-bond donors (Lipinski definition) is 2. The maximum absolute atomic E-state index is 11.7. The molecule has 1 fully saturated rings. The third-order valence-electron chi connectivity index (χ3n) is 3.54. The second-order valence-corrected chi connectivity index (χ2v) is 5.18. The molecule has 1 rings (SSSR count). The Morgan fingerprint density at radius 1 is 1.33 bits per heavy atom. The van der Waals surface area contributed by atoms with Gasteiger partial charge >= 0.3 is 0 Å². The molecule has 0 bridgehead atoms. The van der Waals surface area contributed by atoms with E-state index < -0.39 is 5.60 Å². The van der Waals surface area contributed by atoms with Crippen LogP contribution in [-0.2, 0) is 4.79 Å². The molecule has 0 saturated heterocycles. The van der Waals surface area contributed by atoms with Gasteiger partial charge in [0.15, 0.2) is 0 Å². The minimum absolute atomic E-state index is 0.0232. The molecule has 1 amide bonds. The highest BCUT2D eigenvalue weighted by Gasteiger charge is 2.31. The fourth-order valence-corrected chi connectivity index (χ4v) is 1.93. The smallest absolute Gasteiger partial charge is 0.223 e. The van der Waals surface area contributed by atoms with Gasteiger partial charge in [-0.15, -0.1) is 0 Å². The number of nitrogens with one attached hydrogen (secondary N) is 1. The van der Waals surface area contributed by atoms with Crippen LogP contribution in [0.3, 0.4) is 0 Å². The van der Waals surface area contributed by atoms with E-state index >= 15 is 0 Å². The summed E-state index contributed by atoms with van der Waals surface area (Å²) < 4.78 is 0. The van der Waals surface area contributed by atoms with Gasteiger partial charge in [0.25, 0.3) is 0 Å². The number of rotatable bonds is 4. The molecule has 0 aromatic heterocycles. The van der Waals surface area contributed by atoms with E-state index in [1.807, 2.05) is 20.8 Å². The summed E-state index contributed by atoms with van der Waals surface area (Å²) in [6.07, 6.45) is 3.80. The minimum atomic E-state index is -0.633. The third-order valence-corrected chi connectivity index (χ3v) is 3.54. The average molecular weight is 213 g/mol. The standard InChI is InChI=1S/C12H23NO2/c1-9(2)10(3)11(14)13-8-12(15)6-4-5-7-12/h9-10,15H,4-8H2,1-3H3,(H,13,14). The Hall–Kier alpha value is -0.570. The van der Waals surface area contributed by atoms with Crippen LogP contribution in [-0.4, -0.2) is 23.2 Å². The topological polar surface area (TPSA) is 49.3 Å². The quantitative estimate of drug-likeness (QED) is 0.746. The first-order valence-electron chi connectivity index (χ1n) is 5.95. The van der Waals surface area contributed by atoms with E-state index in [0.29, 0.717) is 12.5 Å². The highest BCUT2D eigenvalue weighted by Crippen LogP contribution is 2.28. The molecule has 1 aliphatic carbocycles. The van der Waals surface area contributed by atoms with Crippen LogP contribution in [0, 0.1) is 11.8 Å². The Kier molecular flexibility index (Phi) is 4.14. The first-order valence-corrected chi connectivity index (χ1v) is 5.95. The number of amides is 1. The number of hydrogen-bond acceptors (Lipinski definition) is 2. The third kappa shape index (κ3) is 3.49. The minimum Gasteiger partial charge on any atom is -0.388 e. The molecule has 2 N–H and O–H groups in total. The molecule has 1 aliphatic rings. The largest absolute Gasteiger partial charge is 0.388 e. The molecule has 0 radical (unpaired) electrons. The van der Waals surface area contributed by atoms with Gasteiger partial charge in [-0.05, 0) is 18.8 Å². The lowest BCUT2D eigenvalue weighted by Crippen LogP contribution is -2.43. The summed E-state index contributed by atoms with van der Waals surface area (Å²) in [4.78, 5) is 11.7. The normalized spacial score (nSPS) is 21.7. The first kappa shape index (κ1) is 12.5. The summed E-state index contributed by atoms with van der Waals surface area (Å²) in [5.74, 6) is 0.434. The van der Waals surface area contributed by atoms with Gasteiger partial charge in [0.2, 0.25) is 5.91 Å². The van der Waals surface area contributed by atoms with Crippen LogP contribution in [0.1, 0.15) is 46.5 Å². The van der Waals surface area contributed by atoms with Crippen LogP contribution in [0.2, 0.25) is 0 Å². The van der Waals surface area contributed by atoms with Crippen LogP contribution in [0.25, 0.3) is 0 Å². The molecule has 1 unspecified atom stereocenters. The van der Waals surface area contributed by atoms with E-state index in [0.717, 1.165) is 25.7 Å². The highest BCUT2D eigenvalue weighted by molar-refractivity contribution is 5.78. The number of aliphatic hydroxyl groups is 1. The van der Waals surface area contributed by atoms with Gasteiger partial charge in [-0.3, -0.25) is 4.79 Å². The van der Waals surface area contributed by atoms with Gasteiger partial charge in [-0.25, -0.2) is 0 Å². The molecule has 3 heteroatoms. The average Bonchev–Trinajstić information content (AvgIpc) is 2.61. The summed E-state index contributed by atoms with van der Waals surface area (Å²) in [5, 5.41) is 12.9. The van der Waals surface area contributed by atoms with Crippen LogP contribution >= 0.6 is 0 Å². The van der Waals surface area contributed by atoms with Crippen molar-refractivity contribution in [3.8, 4) is 0 Å². The lowest BCUT2D eigenvalue weighted by atomic mass is 9.96. The monoisotopic (exact) mass is 213 g/mol. The second-order valence-electron chi connectivity index (χ2n) is 5.18. The molecule has 0 heterocycles. The van der Waals surface area contributed by atoms with Crippen molar-refractivity contribution in [2.24, 2.45) is 11.8 Å². The number of carbonyl (C=O) groups excluding carboxylic acids is 1. The Labute approximate surface area is 92.3 Å². The van der Waals surface area contributed by atoms with E-state index in [9.17, 15) is 9.90 Å². The van der Waals surface area contributed by atoms with Crippen LogP contribution in [0.4, 0.5) is 0 Å². The molecule has 1 saturated carbocycles. The van der Waals surface area contributed by atoms with Crippen LogP contribution in [0.5, 0.6) is 0 Å². The molecular formula is C12H23NO2. The Bertz CT molecular complexity index is 220. The lowest BCUT2D eigenvalue weighted by molar-refractivity contribution is -0.126. The van der Waals surface area contributed by atoms with E-state index in [1.54, 1.807) is 0 Å². The predicted molar refractivity (Wildman–Crippen MR) is 60.4 cm³/mol. The lowest BCUT2D eigenvalue weighted by Gasteiger charge is -2.24. The van der Waals surface area contributed by atoms with E-state index in [-0.39, 0.29) is 11.8 Å². The van der Waals surface area contributed by atoms with Crippen molar-refractivity contribution >= 4 is 5.91 Å². The Morgan fingerprint density at radius 3 is 2.33 bits per heavy atom. The summed E-state index contributed by atoms with van der Waals surface area (Å²) >= 11 is 0. The van der Waals surface area contributed by atoms with E-state index in [1.165, 1.54) is 0 Å². The predicted octanol–water partition coefficient (Wildman–Crippen LogP) is 1.70. The molecular weight excluding hydrogens is 190 g/mol. The summed E-state index contributed by atoms with van der Waals surface area (Å²) in [6, 6.07) is 0. The van der Waals surface area contributed by atoms with Crippen molar-refractivity contribution in [3.63, 3.8) is 0 Å². The van der Waals surface area contributed by atoms with Crippen molar-refractivity contribution in [1.82, 2.24) is 5.32 Å². The maximum Gasteiger partial charge on any atom is 0.223 e. The van der Waals surface area contributed by atoms with E-state index in [4.69, 9.17) is 0 Å². The maximum atomic E-state index is 11.7. The number of carbonyl (C=O) groups is 1. The fraction of sp³-hybridized carbons (Fsp3) is 0.917. The molecule has 0 aliphatic heterocycles. The van der Waals surface area contributed by atoms with Crippen molar-refractivity contribution in [3.05, 3.63) is 0 Å². The second kappa shape index (κ2) is 4.97. The molecule has 3 nitrogen and oxygen atoms in total. The van der Waals surface area contributed by atoms with Gasteiger partial charge in [0.05, 0.1) is 5.60 Å². The Balaban J connectivity index is 2.33. The van der Waals surface area contributed by atoms with Gasteiger partial charge in [-0.2, -0.15) is 0 Å². The summed E-state index contributed by atoms with van der Waals surface area (Å²) in [5.41, 5.74) is -0.633. The van der Waals surface area contributed by atoms with Crippen molar-refractivity contribution in [2.45, 2.75) is 52.1 Å². The van der Waals surface area contributed by atoms with Crippen molar-refractivity contribution in [2.75, 3.05) is 6.54 Å². The first-order chi connectivity index (χ1) is 6.94. The molecule has 1 atom stereocenters. The molecule has 0 aromatic carbocycles. The molecule has 88 valence electrons. The zero-order chi connectivity index (χ0) is 11.5. The molecule has 0 spiro atoms. The molecule has 0 aromatic rings. The molecule has 15 heavy (non-hydrogen) atoms. The van der Waals surface area contributed by atoms with Gasteiger partial charge in [-0.1, -0.05) is 33.6 Å². The van der Waals surface area contributed by atoms with Crippen molar-refractivity contribution in [1.29, 1.82) is 0 Å². The fourth-order valence-electron chi connectivity index (χ4n) is 1.93. The summed E-state index contributed by atoms with van der Waals surface area (Å²) in [7, 11) is 0. The zero-order valence-corrected chi connectivity index (χ0v) is 10.0.